The second-order valence-corrected chi connectivity index (χ2v) is 40.7. The Labute approximate surface area is 118 Å². The summed E-state index contributed by atoms with van der Waals surface area (Å²) < 4.78 is 8.89. The van der Waals surface area contributed by atoms with Gasteiger partial charge in [-0.2, -0.15) is 0 Å². The van der Waals surface area contributed by atoms with Crippen LogP contribution in [0.4, 0.5) is 0 Å². The van der Waals surface area contributed by atoms with Crippen LogP contribution in [0.25, 0.3) is 0 Å². The van der Waals surface area contributed by atoms with Gasteiger partial charge in [0.15, 0.2) is 0 Å². The maximum atomic E-state index is 7.33. The molecular weight excluding hydrogens is 284 g/mol. The Kier molecular flexibility index (Phi) is 3.45. The summed E-state index contributed by atoms with van der Waals surface area (Å²) in [4.78, 5) is 0. The Balaban J connectivity index is 3.41. The summed E-state index contributed by atoms with van der Waals surface area (Å²) in [5, 5.41) is 12.4. The zero-order chi connectivity index (χ0) is 15.1. The molecule has 0 atom stereocenters. The molecule has 0 aromatic rings. The van der Waals surface area contributed by atoms with Crippen LogP contribution in [0.1, 0.15) is 27.2 Å². The summed E-state index contributed by atoms with van der Waals surface area (Å²) in [6.45, 7) is 6.98. The normalized spacial score (nSPS) is 22.3. The van der Waals surface area contributed by atoms with Gasteiger partial charge in [0.05, 0.1) is 0 Å². The van der Waals surface area contributed by atoms with Gasteiger partial charge >= 0.3 is 118 Å². The number of rotatable bonds is 6. The molecule has 0 unspecified atom stereocenters. The molecule has 0 saturated heterocycles. The predicted molar refractivity (Wildman–Crippen MR) is 89.4 cm³/mol. The van der Waals surface area contributed by atoms with Crippen molar-refractivity contribution in [3.8, 4) is 0 Å². The Bertz CT molecular complexity index is 430. The Morgan fingerprint density at radius 2 is 1.47 bits per heavy atom. The topological polar surface area (TPSA) is 9.23 Å². The van der Waals surface area contributed by atoms with E-state index in [0.29, 0.717) is 0 Å². The number of hydrogen-bond donors (Lipinski definition) is 0. The first-order valence-corrected chi connectivity index (χ1v) is 19.8. The van der Waals surface area contributed by atoms with Crippen LogP contribution in [0.2, 0.25) is 44.3 Å². The van der Waals surface area contributed by atoms with Crippen molar-refractivity contribution < 1.29 is 16.1 Å². The van der Waals surface area contributed by atoms with Gasteiger partial charge in [-0.3, -0.25) is 0 Å². The molecule has 3 heteroatoms. The van der Waals surface area contributed by atoms with Crippen LogP contribution >= 0.6 is 0 Å². The van der Waals surface area contributed by atoms with Gasteiger partial charge in [0.1, 0.15) is 0 Å². The van der Waals surface area contributed by atoms with Gasteiger partial charge in [-0.25, -0.2) is 0 Å². The molecular formula is C16H35OSiTi. The first kappa shape index (κ1) is 17.4. The molecule has 19 heavy (non-hydrogen) atoms. The minimum atomic E-state index is -4.02. The molecule has 0 bridgehead atoms. The number of allylic oxidation sites excluding steroid dienone is 4. The minimum absolute atomic E-state index is 1.08. The third-order valence-corrected chi connectivity index (χ3v) is 23.9. The molecule has 1 rings (SSSR count). The molecule has 0 radical (unpaired) electrons. The van der Waals surface area contributed by atoms with Crippen LogP contribution in [0, 0.1) is 0 Å². The van der Waals surface area contributed by atoms with Gasteiger partial charge in [0.25, 0.3) is 0 Å². The molecule has 1 nitrogen and oxygen atoms in total. The summed E-state index contributed by atoms with van der Waals surface area (Å²) >= 11 is -4.02. The van der Waals surface area contributed by atoms with Crippen molar-refractivity contribution in [2.24, 2.45) is 0 Å². The molecule has 0 N–H and O–H groups in total. The summed E-state index contributed by atoms with van der Waals surface area (Å²) in [6.07, 6.45) is 7.89. The molecule has 0 heterocycles. The van der Waals surface area contributed by atoms with Crippen molar-refractivity contribution >= 4 is 8.32 Å². The van der Waals surface area contributed by atoms with E-state index in [0.717, 1.165) is 6.42 Å². The van der Waals surface area contributed by atoms with E-state index in [4.69, 9.17) is 3.01 Å². The molecule has 0 saturated carbocycles. The molecule has 1 aliphatic rings. The first-order chi connectivity index (χ1) is 8.23. The van der Waals surface area contributed by atoms with E-state index in [-0.39, 0.29) is 0 Å². The Morgan fingerprint density at radius 3 is 1.79 bits per heavy atom. The van der Waals surface area contributed by atoms with Crippen molar-refractivity contribution in [2.75, 3.05) is 0 Å². The van der Waals surface area contributed by atoms with Crippen molar-refractivity contribution in [1.29, 1.82) is 0 Å². The van der Waals surface area contributed by atoms with Gasteiger partial charge in [-0.15, -0.1) is 0 Å². The monoisotopic (exact) mass is 319 g/mol. The van der Waals surface area contributed by atoms with Crippen molar-refractivity contribution in [2.45, 2.75) is 71.5 Å². The predicted octanol–water partition coefficient (Wildman–Crippen LogP) is 6.77. The van der Waals surface area contributed by atoms with Crippen molar-refractivity contribution in [3.05, 3.63) is 22.1 Å². The van der Waals surface area contributed by atoms with Crippen LogP contribution in [0.15, 0.2) is 22.1 Å². The van der Waals surface area contributed by atoms with E-state index < -0.39 is 21.4 Å². The van der Waals surface area contributed by atoms with E-state index in [1.807, 2.05) is 0 Å². The second kappa shape index (κ2) is 3.77. The van der Waals surface area contributed by atoms with Crippen molar-refractivity contribution in [1.82, 2.24) is 0 Å². The van der Waals surface area contributed by atoms with Crippen LogP contribution in [-0.4, -0.2) is 8.32 Å². The quantitative estimate of drug-likeness (QED) is 0.491. The van der Waals surface area contributed by atoms with Crippen LogP contribution in [0.3, 0.4) is 0 Å². The van der Waals surface area contributed by atoms with Gasteiger partial charge in [0, 0.05) is 0 Å². The zero-order valence-corrected chi connectivity index (χ0v) is 17.0. The SMILES string of the molecule is CC[Si](CC)(CC)[O][Ti]([CH3])([CH3])([CH3])([CH3])([CH3])[C]1=CC=CC1. The third kappa shape index (κ3) is 3.53. The molecule has 0 fully saturated rings. The van der Waals surface area contributed by atoms with Gasteiger partial charge in [-0.1, -0.05) is 0 Å². The van der Waals surface area contributed by atoms with Gasteiger partial charge in [0.2, 0.25) is 0 Å². The van der Waals surface area contributed by atoms with Gasteiger partial charge in [-0.05, 0) is 0 Å². The van der Waals surface area contributed by atoms with E-state index in [9.17, 15) is 0 Å². The fraction of sp³-hybridized carbons (Fsp3) is 0.750. The molecule has 0 aromatic carbocycles. The summed E-state index contributed by atoms with van der Waals surface area (Å²) in [7, 11) is -1.63. The standard InChI is InChI=1S/C6H15OSi.C5H5.5CH3.Ti/c1-4-8(7,5-2)6-3;1-2-4-5-3-1;;;;;;/h4-6H2,1-3H3;1-3H,4H2;5*1H3;/q-1;;;;;;;+1. The Hall–Kier alpha value is 0.371. The van der Waals surface area contributed by atoms with Crippen LogP contribution < -0.4 is 0 Å². The van der Waals surface area contributed by atoms with E-state index in [2.05, 4.69) is 65.1 Å². The third-order valence-electron chi connectivity index (χ3n) is 5.22. The first-order valence-electron chi connectivity index (χ1n) is 8.06. The maximum absolute atomic E-state index is 7.33. The molecule has 1 aliphatic carbocycles. The fourth-order valence-electron chi connectivity index (χ4n) is 3.67. The Morgan fingerprint density at radius 1 is 1.00 bits per heavy atom. The van der Waals surface area contributed by atoms with E-state index in [1.54, 1.807) is 3.88 Å². The molecule has 0 aliphatic heterocycles. The average Bonchev–Trinajstić information content (AvgIpc) is 2.79. The zero-order valence-electron chi connectivity index (χ0n) is 14.5. The molecule has 0 amide bonds. The number of hydrogen-bond acceptors (Lipinski definition) is 1. The average molecular weight is 319 g/mol. The van der Waals surface area contributed by atoms with E-state index >= 15 is 0 Å². The fourth-order valence-corrected chi connectivity index (χ4v) is 25.4. The van der Waals surface area contributed by atoms with Crippen molar-refractivity contribution in [3.63, 3.8) is 0 Å². The summed E-state index contributed by atoms with van der Waals surface area (Å²) in [5.74, 6) is 0. The molecule has 0 spiro atoms. The summed E-state index contributed by atoms with van der Waals surface area (Å²) in [5.41, 5.74) is 0. The second-order valence-electron chi connectivity index (χ2n) is 11.0. The summed E-state index contributed by atoms with van der Waals surface area (Å²) in [6, 6.07) is 3.68. The van der Waals surface area contributed by atoms with Crippen LogP contribution in [0.5, 0.6) is 0 Å². The van der Waals surface area contributed by atoms with Crippen LogP contribution in [-0.2, 0) is 16.1 Å². The van der Waals surface area contributed by atoms with Gasteiger partial charge < -0.3 is 0 Å². The molecule has 113 valence electrons. The van der Waals surface area contributed by atoms with E-state index in [1.165, 1.54) is 18.1 Å². The molecule has 0 aromatic heterocycles.